The van der Waals surface area contributed by atoms with Crippen LogP contribution in [0, 0.1) is 5.82 Å². The standard InChI is InChI=1S/C18H19FN4O4/c19-12-6-4-11(5-7-12)9-20-17(26)14-15(25)18(27)22-16(21-14)13-3-1-2-8-23(13)10-24/h4-7,10,13,25H,1-3,8-9H2,(H,20,26)(H,21,22,27). The first-order valence-electron chi connectivity index (χ1n) is 8.56. The molecular formula is C18H19FN4O4. The predicted molar refractivity (Wildman–Crippen MR) is 93.5 cm³/mol. The lowest BCUT2D eigenvalue weighted by Crippen LogP contribution is -2.35. The molecule has 0 saturated carbocycles. The van der Waals surface area contributed by atoms with Crippen LogP contribution < -0.4 is 10.9 Å². The zero-order valence-corrected chi connectivity index (χ0v) is 14.4. The average Bonchev–Trinajstić information content (AvgIpc) is 2.69. The molecular weight excluding hydrogens is 355 g/mol. The Labute approximate surface area is 154 Å². The number of nitrogens with zero attached hydrogens (tertiary/aromatic N) is 2. The molecule has 3 N–H and O–H groups in total. The first kappa shape index (κ1) is 18.6. The Morgan fingerprint density at radius 1 is 1.37 bits per heavy atom. The maximum atomic E-state index is 12.9. The highest BCUT2D eigenvalue weighted by atomic mass is 19.1. The number of carbonyl (C=O) groups is 2. The second-order valence-corrected chi connectivity index (χ2v) is 6.31. The molecule has 2 amide bonds. The summed E-state index contributed by atoms with van der Waals surface area (Å²) >= 11 is 0. The Kier molecular flexibility index (Phi) is 5.49. The first-order valence-corrected chi connectivity index (χ1v) is 8.56. The summed E-state index contributed by atoms with van der Waals surface area (Å²) in [6.07, 6.45) is 2.99. The van der Waals surface area contributed by atoms with Crippen molar-refractivity contribution in [1.82, 2.24) is 20.2 Å². The number of aromatic nitrogens is 2. The fraction of sp³-hybridized carbons (Fsp3) is 0.333. The third-order valence-electron chi connectivity index (χ3n) is 4.49. The molecule has 1 fully saturated rings. The van der Waals surface area contributed by atoms with Crippen LogP contribution >= 0.6 is 0 Å². The van der Waals surface area contributed by atoms with Gasteiger partial charge in [0.05, 0.1) is 6.04 Å². The minimum absolute atomic E-state index is 0.0757. The van der Waals surface area contributed by atoms with Crippen molar-refractivity contribution in [3.8, 4) is 5.75 Å². The summed E-state index contributed by atoms with van der Waals surface area (Å²) in [5, 5.41) is 12.5. The Morgan fingerprint density at radius 3 is 2.81 bits per heavy atom. The van der Waals surface area contributed by atoms with Crippen molar-refractivity contribution in [3.05, 3.63) is 57.5 Å². The van der Waals surface area contributed by atoms with Gasteiger partial charge < -0.3 is 20.3 Å². The molecule has 142 valence electrons. The van der Waals surface area contributed by atoms with Gasteiger partial charge in [0.1, 0.15) is 11.6 Å². The van der Waals surface area contributed by atoms with Crippen LogP contribution in [0.5, 0.6) is 5.75 Å². The van der Waals surface area contributed by atoms with Gasteiger partial charge in [-0.15, -0.1) is 0 Å². The van der Waals surface area contributed by atoms with Gasteiger partial charge >= 0.3 is 0 Å². The van der Waals surface area contributed by atoms with Crippen molar-refractivity contribution >= 4 is 12.3 Å². The number of aromatic amines is 1. The Bertz CT molecular complexity index is 897. The Morgan fingerprint density at radius 2 is 2.11 bits per heavy atom. The molecule has 1 saturated heterocycles. The van der Waals surface area contributed by atoms with Gasteiger partial charge in [0.15, 0.2) is 5.69 Å². The lowest BCUT2D eigenvalue weighted by molar-refractivity contribution is -0.121. The summed E-state index contributed by atoms with van der Waals surface area (Å²) in [5.41, 5.74) is -0.607. The van der Waals surface area contributed by atoms with Crippen LogP contribution in [0.1, 0.15) is 47.2 Å². The normalized spacial score (nSPS) is 16.8. The zero-order chi connectivity index (χ0) is 19.4. The van der Waals surface area contributed by atoms with E-state index in [1.807, 2.05) is 0 Å². The van der Waals surface area contributed by atoms with E-state index in [2.05, 4.69) is 15.3 Å². The van der Waals surface area contributed by atoms with Crippen LogP contribution in [0.15, 0.2) is 29.1 Å². The number of nitrogens with one attached hydrogen (secondary N) is 2. The number of aromatic hydroxyl groups is 1. The van der Waals surface area contributed by atoms with E-state index in [1.54, 1.807) is 0 Å². The molecule has 0 bridgehead atoms. The number of hydrogen-bond acceptors (Lipinski definition) is 5. The van der Waals surface area contributed by atoms with E-state index >= 15 is 0 Å². The molecule has 1 aromatic carbocycles. The number of H-pyrrole nitrogens is 1. The summed E-state index contributed by atoms with van der Waals surface area (Å²) < 4.78 is 12.9. The van der Waals surface area contributed by atoms with Crippen molar-refractivity contribution < 1.29 is 19.1 Å². The third kappa shape index (κ3) is 4.13. The molecule has 1 unspecified atom stereocenters. The Balaban J connectivity index is 1.82. The van der Waals surface area contributed by atoms with E-state index in [1.165, 1.54) is 29.2 Å². The van der Waals surface area contributed by atoms with Gasteiger partial charge in [0.2, 0.25) is 12.2 Å². The van der Waals surface area contributed by atoms with Gasteiger partial charge in [-0.3, -0.25) is 14.4 Å². The summed E-state index contributed by atoms with van der Waals surface area (Å²) in [4.78, 5) is 43.8. The van der Waals surface area contributed by atoms with Gasteiger partial charge in [-0.25, -0.2) is 9.37 Å². The number of carbonyl (C=O) groups excluding carboxylic acids is 2. The van der Waals surface area contributed by atoms with Crippen LogP contribution in [0.3, 0.4) is 0 Å². The summed E-state index contributed by atoms with van der Waals surface area (Å²) in [7, 11) is 0. The number of likely N-dealkylation sites (tertiary alicyclic amines) is 1. The quantitative estimate of drug-likeness (QED) is 0.681. The first-order chi connectivity index (χ1) is 13.0. The smallest absolute Gasteiger partial charge is 0.294 e. The molecule has 3 rings (SSSR count). The Hall–Kier alpha value is -3.23. The van der Waals surface area contributed by atoms with Crippen molar-refractivity contribution in [1.29, 1.82) is 0 Å². The van der Waals surface area contributed by atoms with E-state index in [-0.39, 0.29) is 12.4 Å². The highest BCUT2D eigenvalue weighted by Crippen LogP contribution is 2.27. The number of amides is 2. The molecule has 1 aliphatic rings. The SMILES string of the molecule is O=CN1CCCCC1c1nc(C(=O)NCc2ccc(F)cc2)c(O)c(=O)[nH]1. The highest BCUT2D eigenvalue weighted by Gasteiger charge is 2.27. The van der Waals surface area contributed by atoms with Crippen LogP contribution in [0.25, 0.3) is 0 Å². The summed E-state index contributed by atoms with van der Waals surface area (Å²) in [5.74, 6) is -1.76. The average molecular weight is 374 g/mol. The van der Waals surface area contributed by atoms with E-state index in [4.69, 9.17) is 0 Å². The van der Waals surface area contributed by atoms with Crippen molar-refractivity contribution in [2.75, 3.05) is 6.54 Å². The van der Waals surface area contributed by atoms with Crippen LogP contribution in [-0.2, 0) is 11.3 Å². The third-order valence-corrected chi connectivity index (χ3v) is 4.49. The number of halogens is 1. The van der Waals surface area contributed by atoms with Crippen molar-refractivity contribution in [2.45, 2.75) is 31.8 Å². The topological polar surface area (TPSA) is 115 Å². The second-order valence-electron chi connectivity index (χ2n) is 6.31. The van der Waals surface area contributed by atoms with Gasteiger partial charge in [-0.1, -0.05) is 12.1 Å². The zero-order valence-electron chi connectivity index (χ0n) is 14.4. The minimum atomic E-state index is -0.844. The molecule has 1 aliphatic heterocycles. The molecule has 9 heteroatoms. The largest absolute Gasteiger partial charge is 0.501 e. The van der Waals surface area contributed by atoms with E-state index < -0.39 is 34.8 Å². The maximum absolute atomic E-state index is 12.9. The molecule has 0 aliphatic carbocycles. The monoisotopic (exact) mass is 374 g/mol. The molecule has 2 aromatic rings. The van der Waals surface area contributed by atoms with E-state index in [9.17, 15) is 23.9 Å². The van der Waals surface area contributed by atoms with E-state index in [0.717, 1.165) is 12.8 Å². The van der Waals surface area contributed by atoms with Gasteiger partial charge in [0.25, 0.3) is 11.5 Å². The van der Waals surface area contributed by atoms with Crippen LogP contribution in [0.4, 0.5) is 4.39 Å². The molecule has 1 aromatic heterocycles. The fourth-order valence-corrected chi connectivity index (χ4v) is 3.04. The van der Waals surface area contributed by atoms with Gasteiger partial charge in [-0.05, 0) is 37.0 Å². The number of piperidine rings is 1. The minimum Gasteiger partial charge on any atom is -0.501 e. The van der Waals surface area contributed by atoms with E-state index in [0.29, 0.717) is 24.9 Å². The lowest BCUT2D eigenvalue weighted by Gasteiger charge is -2.31. The molecule has 1 atom stereocenters. The van der Waals surface area contributed by atoms with Crippen molar-refractivity contribution in [2.24, 2.45) is 0 Å². The molecule has 2 heterocycles. The van der Waals surface area contributed by atoms with Crippen LogP contribution in [0.2, 0.25) is 0 Å². The predicted octanol–water partition coefficient (Wildman–Crippen LogP) is 1.23. The summed E-state index contributed by atoms with van der Waals surface area (Å²) in [6.45, 7) is 0.608. The maximum Gasteiger partial charge on any atom is 0.294 e. The summed E-state index contributed by atoms with van der Waals surface area (Å²) in [6, 6.07) is 5.10. The second kappa shape index (κ2) is 7.98. The number of rotatable bonds is 5. The fourth-order valence-electron chi connectivity index (χ4n) is 3.04. The van der Waals surface area contributed by atoms with Crippen LogP contribution in [-0.4, -0.2) is 38.8 Å². The molecule has 0 spiro atoms. The van der Waals surface area contributed by atoms with Gasteiger partial charge in [-0.2, -0.15) is 0 Å². The van der Waals surface area contributed by atoms with Crippen molar-refractivity contribution in [3.63, 3.8) is 0 Å². The molecule has 0 radical (unpaired) electrons. The highest BCUT2D eigenvalue weighted by molar-refractivity contribution is 5.94. The lowest BCUT2D eigenvalue weighted by atomic mass is 10.0. The molecule has 8 nitrogen and oxygen atoms in total. The van der Waals surface area contributed by atoms with Gasteiger partial charge in [0, 0.05) is 13.1 Å². The molecule has 27 heavy (non-hydrogen) atoms. The number of benzene rings is 1. The number of hydrogen-bond donors (Lipinski definition) is 3.